The summed E-state index contributed by atoms with van der Waals surface area (Å²) in [4.78, 5) is 12.9. The van der Waals surface area contributed by atoms with Crippen LogP contribution < -0.4 is 4.90 Å². The fraction of sp³-hybridized carbons (Fsp3) is 0.550. The molecule has 0 unspecified atom stereocenters. The molecule has 1 saturated carbocycles. The standard InChI is InChI=1S/C20H26N4O2/c25-24(26)19-8-6-16(7-9-19)17-10-12-22(13-11-17)20-14-21-23(15-20)18-4-2-1-3-5-18/h6-9,14-15,17-18H,1-5,10-13H2. The van der Waals surface area contributed by atoms with Crippen molar-refractivity contribution in [2.45, 2.75) is 56.9 Å². The van der Waals surface area contributed by atoms with Crippen LogP contribution in [0.15, 0.2) is 36.7 Å². The molecule has 1 aliphatic carbocycles. The molecule has 0 atom stereocenters. The lowest BCUT2D eigenvalue weighted by atomic mass is 9.89. The first-order chi connectivity index (χ1) is 12.7. The van der Waals surface area contributed by atoms with E-state index in [2.05, 4.69) is 20.9 Å². The van der Waals surface area contributed by atoms with Gasteiger partial charge in [-0.15, -0.1) is 0 Å². The Bertz CT molecular complexity index is 741. The molecule has 2 aromatic rings. The first-order valence-electron chi connectivity index (χ1n) is 9.74. The summed E-state index contributed by atoms with van der Waals surface area (Å²) in [5.41, 5.74) is 2.62. The van der Waals surface area contributed by atoms with E-state index in [9.17, 15) is 10.1 Å². The Morgan fingerprint density at radius 3 is 2.35 bits per heavy atom. The number of non-ortho nitro benzene ring substituents is 1. The maximum atomic E-state index is 10.8. The van der Waals surface area contributed by atoms with Crippen molar-refractivity contribution >= 4 is 11.4 Å². The fourth-order valence-corrected chi connectivity index (χ4v) is 4.38. The molecule has 0 radical (unpaired) electrons. The number of hydrogen-bond donors (Lipinski definition) is 0. The normalized spacial score (nSPS) is 19.6. The minimum atomic E-state index is -0.337. The molecule has 1 aromatic heterocycles. The zero-order chi connectivity index (χ0) is 17.9. The number of rotatable bonds is 4. The maximum Gasteiger partial charge on any atom is 0.269 e. The molecule has 26 heavy (non-hydrogen) atoms. The predicted octanol–water partition coefficient (Wildman–Crippen LogP) is 4.68. The molecule has 1 aliphatic heterocycles. The summed E-state index contributed by atoms with van der Waals surface area (Å²) >= 11 is 0. The monoisotopic (exact) mass is 354 g/mol. The number of anilines is 1. The minimum Gasteiger partial charge on any atom is -0.369 e. The molecule has 0 N–H and O–H groups in total. The van der Waals surface area contributed by atoms with Gasteiger partial charge in [-0.3, -0.25) is 14.8 Å². The first-order valence-corrected chi connectivity index (χ1v) is 9.74. The summed E-state index contributed by atoms with van der Waals surface area (Å²) in [6, 6.07) is 7.65. The lowest BCUT2D eigenvalue weighted by molar-refractivity contribution is -0.384. The van der Waals surface area contributed by atoms with Crippen LogP contribution in [0.3, 0.4) is 0 Å². The van der Waals surface area contributed by atoms with E-state index in [1.807, 2.05) is 18.3 Å². The molecule has 1 aromatic carbocycles. The molecule has 0 bridgehead atoms. The average Bonchev–Trinajstić information content (AvgIpc) is 3.19. The van der Waals surface area contributed by atoms with Crippen LogP contribution in [0.25, 0.3) is 0 Å². The summed E-state index contributed by atoms with van der Waals surface area (Å²) < 4.78 is 2.18. The first kappa shape index (κ1) is 17.1. The van der Waals surface area contributed by atoms with Crippen molar-refractivity contribution in [2.75, 3.05) is 18.0 Å². The molecular weight excluding hydrogens is 328 g/mol. The van der Waals surface area contributed by atoms with Crippen molar-refractivity contribution in [3.05, 3.63) is 52.3 Å². The summed E-state index contributed by atoms with van der Waals surface area (Å²) in [6.45, 7) is 2.02. The molecule has 4 rings (SSSR count). The van der Waals surface area contributed by atoms with Crippen molar-refractivity contribution in [2.24, 2.45) is 0 Å². The van der Waals surface area contributed by atoms with E-state index in [0.717, 1.165) is 25.9 Å². The molecule has 2 aliphatic rings. The second-order valence-corrected chi connectivity index (χ2v) is 7.58. The van der Waals surface area contributed by atoms with Gasteiger partial charge in [-0.2, -0.15) is 5.10 Å². The van der Waals surface area contributed by atoms with Crippen LogP contribution in [-0.2, 0) is 0 Å². The van der Waals surface area contributed by atoms with Gasteiger partial charge in [0, 0.05) is 31.4 Å². The van der Waals surface area contributed by atoms with Crippen LogP contribution in [0.1, 0.15) is 62.5 Å². The van der Waals surface area contributed by atoms with Crippen molar-refractivity contribution < 1.29 is 4.92 Å². The van der Waals surface area contributed by atoms with Crippen LogP contribution >= 0.6 is 0 Å². The molecule has 2 heterocycles. The number of benzene rings is 1. The van der Waals surface area contributed by atoms with Gasteiger partial charge in [-0.25, -0.2) is 0 Å². The molecule has 0 amide bonds. The highest BCUT2D eigenvalue weighted by Gasteiger charge is 2.23. The van der Waals surface area contributed by atoms with Crippen LogP contribution in [0, 0.1) is 10.1 Å². The van der Waals surface area contributed by atoms with E-state index in [0.29, 0.717) is 12.0 Å². The Labute approximate surface area is 154 Å². The number of aromatic nitrogens is 2. The van der Waals surface area contributed by atoms with E-state index in [1.54, 1.807) is 12.1 Å². The molecule has 0 spiro atoms. The largest absolute Gasteiger partial charge is 0.369 e. The Balaban J connectivity index is 1.36. The fourth-order valence-electron chi connectivity index (χ4n) is 4.38. The highest BCUT2D eigenvalue weighted by atomic mass is 16.6. The third-order valence-corrected chi connectivity index (χ3v) is 5.97. The molecule has 6 heteroatoms. The predicted molar refractivity (Wildman–Crippen MR) is 102 cm³/mol. The molecule has 6 nitrogen and oxygen atoms in total. The number of piperidine rings is 1. The highest BCUT2D eigenvalue weighted by Crippen LogP contribution is 2.33. The van der Waals surface area contributed by atoms with Crippen molar-refractivity contribution in [3.8, 4) is 0 Å². The molecule has 2 fully saturated rings. The number of nitro groups is 1. The lowest BCUT2D eigenvalue weighted by Crippen LogP contribution is -2.32. The zero-order valence-electron chi connectivity index (χ0n) is 15.1. The molecular formula is C20H26N4O2. The van der Waals surface area contributed by atoms with E-state index in [1.165, 1.54) is 43.4 Å². The second-order valence-electron chi connectivity index (χ2n) is 7.58. The van der Waals surface area contributed by atoms with Gasteiger partial charge in [0.15, 0.2) is 0 Å². The summed E-state index contributed by atoms with van der Waals surface area (Å²) in [6.07, 6.45) is 12.9. The van der Waals surface area contributed by atoms with Crippen LogP contribution in [-0.4, -0.2) is 27.8 Å². The SMILES string of the molecule is O=[N+]([O-])c1ccc(C2CCN(c3cnn(C4CCCCC4)c3)CC2)cc1. The van der Waals surface area contributed by atoms with Crippen molar-refractivity contribution in [1.82, 2.24) is 9.78 Å². The smallest absolute Gasteiger partial charge is 0.269 e. The lowest BCUT2D eigenvalue weighted by Gasteiger charge is -2.33. The van der Waals surface area contributed by atoms with E-state index >= 15 is 0 Å². The van der Waals surface area contributed by atoms with Gasteiger partial charge in [0.2, 0.25) is 0 Å². The second kappa shape index (κ2) is 7.48. The van der Waals surface area contributed by atoms with Gasteiger partial charge in [-0.1, -0.05) is 31.4 Å². The maximum absolute atomic E-state index is 10.8. The van der Waals surface area contributed by atoms with Crippen molar-refractivity contribution in [1.29, 1.82) is 0 Å². The Kier molecular flexibility index (Phi) is 4.91. The topological polar surface area (TPSA) is 64.2 Å². The zero-order valence-corrected chi connectivity index (χ0v) is 15.1. The van der Waals surface area contributed by atoms with Gasteiger partial charge < -0.3 is 4.90 Å². The minimum absolute atomic E-state index is 0.168. The van der Waals surface area contributed by atoms with Crippen LogP contribution in [0.5, 0.6) is 0 Å². The van der Waals surface area contributed by atoms with E-state index < -0.39 is 0 Å². The van der Waals surface area contributed by atoms with Gasteiger partial charge in [0.1, 0.15) is 0 Å². The van der Waals surface area contributed by atoms with Crippen molar-refractivity contribution in [3.63, 3.8) is 0 Å². The van der Waals surface area contributed by atoms with Gasteiger partial charge in [0.25, 0.3) is 5.69 Å². The third kappa shape index (κ3) is 3.59. The van der Waals surface area contributed by atoms with Gasteiger partial charge >= 0.3 is 0 Å². The van der Waals surface area contributed by atoms with E-state index in [4.69, 9.17) is 0 Å². The number of nitrogens with zero attached hydrogens (tertiary/aromatic N) is 4. The third-order valence-electron chi connectivity index (χ3n) is 5.97. The number of hydrogen-bond acceptors (Lipinski definition) is 4. The summed E-state index contributed by atoms with van der Waals surface area (Å²) in [5.74, 6) is 0.487. The van der Waals surface area contributed by atoms with Gasteiger partial charge in [-0.05, 0) is 37.2 Å². The van der Waals surface area contributed by atoms with Crippen LogP contribution in [0.4, 0.5) is 11.4 Å². The summed E-state index contributed by atoms with van der Waals surface area (Å²) in [5, 5.41) is 15.4. The Morgan fingerprint density at radius 1 is 1.00 bits per heavy atom. The quantitative estimate of drug-likeness (QED) is 0.591. The summed E-state index contributed by atoms with van der Waals surface area (Å²) in [7, 11) is 0. The Morgan fingerprint density at radius 2 is 1.69 bits per heavy atom. The van der Waals surface area contributed by atoms with Crippen LogP contribution in [0.2, 0.25) is 0 Å². The highest BCUT2D eigenvalue weighted by molar-refractivity contribution is 5.43. The van der Waals surface area contributed by atoms with Gasteiger partial charge in [0.05, 0.1) is 22.8 Å². The molecule has 1 saturated heterocycles. The Hall–Kier alpha value is -2.37. The average molecular weight is 354 g/mol. The number of nitro benzene ring substituents is 1. The molecule has 138 valence electrons. The van der Waals surface area contributed by atoms with E-state index in [-0.39, 0.29) is 10.6 Å².